The van der Waals surface area contributed by atoms with E-state index >= 15 is 0 Å². The summed E-state index contributed by atoms with van der Waals surface area (Å²) in [6.07, 6.45) is 1.74. The van der Waals surface area contributed by atoms with Gasteiger partial charge in [0.25, 0.3) is 0 Å². The fourth-order valence-corrected chi connectivity index (χ4v) is 2.11. The lowest BCUT2D eigenvalue weighted by molar-refractivity contribution is 0.828. The Morgan fingerprint density at radius 1 is 1.26 bits per heavy atom. The summed E-state index contributed by atoms with van der Waals surface area (Å²) in [5.41, 5.74) is 6.22. The van der Waals surface area contributed by atoms with Crippen LogP contribution in [0.1, 0.15) is 18.1 Å². The number of nitrogens with one attached hydrogen (secondary N) is 1. The maximum Gasteiger partial charge on any atom is 0.144 e. The predicted molar refractivity (Wildman–Crippen MR) is 80.0 cm³/mol. The van der Waals surface area contributed by atoms with E-state index in [-0.39, 0.29) is 0 Å². The van der Waals surface area contributed by atoms with Crippen LogP contribution in [0.3, 0.4) is 0 Å². The molecule has 1 aromatic carbocycles. The van der Waals surface area contributed by atoms with Gasteiger partial charge in [-0.05, 0) is 37.6 Å². The highest BCUT2D eigenvalue weighted by Gasteiger charge is 2.08. The van der Waals surface area contributed by atoms with Gasteiger partial charge >= 0.3 is 0 Å². The number of aryl methyl sites for hydroxylation is 1. The monoisotopic (exact) mass is 256 g/mol. The summed E-state index contributed by atoms with van der Waals surface area (Å²) >= 11 is 0. The van der Waals surface area contributed by atoms with Gasteiger partial charge in [-0.2, -0.15) is 0 Å². The van der Waals surface area contributed by atoms with Crippen LogP contribution in [0, 0.1) is 6.92 Å². The second kappa shape index (κ2) is 6.20. The predicted octanol–water partition coefficient (Wildman–Crippen LogP) is 2.70. The van der Waals surface area contributed by atoms with Crippen molar-refractivity contribution in [2.75, 3.05) is 16.9 Å². The van der Waals surface area contributed by atoms with E-state index in [0.717, 1.165) is 24.5 Å². The van der Waals surface area contributed by atoms with Crippen LogP contribution >= 0.6 is 0 Å². The Labute approximate surface area is 114 Å². The first kappa shape index (κ1) is 13.4. The second-order valence-electron chi connectivity index (χ2n) is 4.51. The Kier molecular flexibility index (Phi) is 4.36. The number of benzene rings is 1. The minimum atomic E-state index is 0.730. The Balaban J connectivity index is 2.24. The van der Waals surface area contributed by atoms with Gasteiger partial charge in [-0.1, -0.05) is 18.2 Å². The zero-order chi connectivity index (χ0) is 13.7. The summed E-state index contributed by atoms with van der Waals surface area (Å²) in [4.78, 5) is 6.53. The molecule has 0 bridgehead atoms. The lowest BCUT2D eigenvalue weighted by Crippen LogP contribution is -2.23. The third-order valence-electron chi connectivity index (χ3n) is 3.14. The minimum Gasteiger partial charge on any atom is -0.367 e. The van der Waals surface area contributed by atoms with Crippen molar-refractivity contribution in [3.05, 3.63) is 53.7 Å². The molecule has 0 aliphatic heterocycles. The molecule has 0 saturated carbocycles. The third kappa shape index (κ3) is 3.23. The van der Waals surface area contributed by atoms with Crippen molar-refractivity contribution in [1.29, 1.82) is 0 Å². The van der Waals surface area contributed by atoms with E-state index in [0.29, 0.717) is 0 Å². The molecule has 1 aromatic heterocycles. The van der Waals surface area contributed by atoms with Gasteiger partial charge in [0.05, 0.1) is 0 Å². The molecule has 1 heterocycles. The second-order valence-corrected chi connectivity index (χ2v) is 4.51. The van der Waals surface area contributed by atoms with E-state index in [9.17, 15) is 0 Å². The highest BCUT2D eigenvalue weighted by Crippen LogP contribution is 2.20. The molecular formula is C15H20N4. The quantitative estimate of drug-likeness (QED) is 0.638. The molecule has 0 spiro atoms. The Morgan fingerprint density at radius 2 is 2.11 bits per heavy atom. The van der Waals surface area contributed by atoms with E-state index in [1.54, 1.807) is 6.20 Å². The molecule has 0 aliphatic carbocycles. The van der Waals surface area contributed by atoms with Crippen LogP contribution in [0.2, 0.25) is 0 Å². The number of nitrogens with zero attached hydrogens (tertiary/aromatic N) is 2. The van der Waals surface area contributed by atoms with Gasteiger partial charge < -0.3 is 10.3 Å². The Hall–Kier alpha value is -2.07. The molecular weight excluding hydrogens is 236 g/mol. The molecule has 100 valence electrons. The molecule has 0 atom stereocenters. The SMILES string of the molecule is CCN(Cc1cccnc1NN)c1cccc(C)c1. The highest BCUT2D eigenvalue weighted by atomic mass is 15.3. The number of pyridine rings is 1. The van der Waals surface area contributed by atoms with Gasteiger partial charge in [0.2, 0.25) is 0 Å². The average Bonchev–Trinajstić information content (AvgIpc) is 2.45. The number of nitrogens with two attached hydrogens (primary N) is 1. The largest absolute Gasteiger partial charge is 0.367 e. The number of rotatable bonds is 5. The summed E-state index contributed by atoms with van der Waals surface area (Å²) in [7, 11) is 0. The van der Waals surface area contributed by atoms with E-state index in [1.807, 2.05) is 12.1 Å². The van der Waals surface area contributed by atoms with Crippen molar-refractivity contribution in [3.8, 4) is 0 Å². The summed E-state index contributed by atoms with van der Waals surface area (Å²) in [6.45, 7) is 5.97. The number of hydrogen-bond donors (Lipinski definition) is 2. The van der Waals surface area contributed by atoms with Crippen LogP contribution in [0.5, 0.6) is 0 Å². The molecule has 0 aliphatic rings. The summed E-state index contributed by atoms with van der Waals surface area (Å²) in [6, 6.07) is 12.5. The summed E-state index contributed by atoms with van der Waals surface area (Å²) in [5, 5.41) is 0. The summed E-state index contributed by atoms with van der Waals surface area (Å²) < 4.78 is 0. The van der Waals surface area contributed by atoms with Gasteiger partial charge in [0, 0.05) is 30.5 Å². The van der Waals surface area contributed by atoms with Gasteiger partial charge in [-0.3, -0.25) is 0 Å². The lowest BCUT2D eigenvalue weighted by Gasteiger charge is -2.24. The van der Waals surface area contributed by atoms with Crippen LogP contribution in [-0.2, 0) is 6.54 Å². The Morgan fingerprint density at radius 3 is 2.79 bits per heavy atom. The zero-order valence-corrected chi connectivity index (χ0v) is 11.4. The van der Waals surface area contributed by atoms with E-state index < -0.39 is 0 Å². The maximum absolute atomic E-state index is 5.50. The average molecular weight is 256 g/mol. The van der Waals surface area contributed by atoms with E-state index in [4.69, 9.17) is 5.84 Å². The summed E-state index contributed by atoms with van der Waals surface area (Å²) in [5.74, 6) is 6.23. The molecule has 0 fully saturated rings. The van der Waals surface area contributed by atoms with Crippen LogP contribution in [0.25, 0.3) is 0 Å². The van der Waals surface area contributed by atoms with Gasteiger partial charge in [0.1, 0.15) is 5.82 Å². The van der Waals surface area contributed by atoms with Gasteiger partial charge in [-0.15, -0.1) is 0 Å². The molecule has 3 N–H and O–H groups in total. The minimum absolute atomic E-state index is 0.730. The van der Waals surface area contributed by atoms with Crippen molar-refractivity contribution in [2.45, 2.75) is 20.4 Å². The molecule has 0 radical (unpaired) electrons. The molecule has 0 amide bonds. The number of aromatic nitrogens is 1. The number of anilines is 2. The standard InChI is InChI=1S/C15H20N4/c1-3-19(14-8-4-6-12(2)10-14)11-13-7-5-9-17-15(13)18-16/h4-10H,3,11,16H2,1-2H3,(H,17,18). The fourth-order valence-electron chi connectivity index (χ4n) is 2.11. The molecule has 4 nitrogen and oxygen atoms in total. The zero-order valence-electron chi connectivity index (χ0n) is 11.4. The van der Waals surface area contributed by atoms with Crippen LogP contribution in [0.4, 0.5) is 11.5 Å². The van der Waals surface area contributed by atoms with Crippen LogP contribution in [0.15, 0.2) is 42.6 Å². The number of nitrogen functional groups attached to an aromatic ring is 1. The van der Waals surface area contributed by atoms with Crippen molar-refractivity contribution in [1.82, 2.24) is 4.98 Å². The molecule has 4 heteroatoms. The van der Waals surface area contributed by atoms with E-state index in [2.05, 4.69) is 53.4 Å². The normalized spacial score (nSPS) is 10.3. The molecule has 2 rings (SSSR count). The van der Waals surface area contributed by atoms with Gasteiger partial charge in [-0.25, -0.2) is 10.8 Å². The number of hydrazine groups is 1. The highest BCUT2D eigenvalue weighted by molar-refractivity contribution is 5.51. The first-order valence-corrected chi connectivity index (χ1v) is 6.46. The fraction of sp³-hybridized carbons (Fsp3) is 0.267. The van der Waals surface area contributed by atoms with E-state index in [1.165, 1.54) is 11.3 Å². The maximum atomic E-state index is 5.50. The molecule has 19 heavy (non-hydrogen) atoms. The third-order valence-corrected chi connectivity index (χ3v) is 3.14. The van der Waals surface area contributed by atoms with Crippen LogP contribution < -0.4 is 16.2 Å². The van der Waals surface area contributed by atoms with Crippen molar-refractivity contribution in [3.63, 3.8) is 0 Å². The van der Waals surface area contributed by atoms with Crippen molar-refractivity contribution in [2.24, 2.45) is 5.84 Å². The first-order chi connectivity index (χ1) is 9.24. The van der Waals surface area contributed by atoms with Gasteiger partial charge in [0.15, 0.2) is 0 Å². The Bertz CT molecular complexity index is 539. The molecule has 0 saturated heterocycles. The van der Waals surface area contributed by atoms with Crippen LogP contribution in [-0.4, -0.2) is 11.5 Å². The molecule has 0 unspecified atom stereocenters. The lowest BCUT2D eigenvalue weighted by atomic mass is 10.2. The van der Waals surface area contributed by atoms with Crippen molar-refractivity contribution < 1.29 is 0 Å². The van der Waals surface area contributed by atoms with Crippen molar-refractivity contribution >= 4 is 11.5 Å². The molecule has 2 aromatic rings. The number of hydrogen-bond acceptors (Lipinski definition) is 4. The smallest absolute Gasteiger partial charge is 0.144 e. The first-order valence-electron chi connectivity index (χ1n) is 6.46. The topological polar surface area (TPSA) is 54.2 Å².